The zero-order chi connectivity index (χ0) is 18.0. The standard InChI is InChI=1S/C17H19FN4O3/c1-11-19-14(21-22(11)13-7-5-12(18)6-8-13)15(23)20-17(16(24)25)9-3-2-4-10-17/h5-8H,2-4,9-10H2,1H3,(H,20,23)(H,24,25). The molecule has 1 aromatic carbocycles. The molecular weight excluding hydrogens is 327 g/mol. The third kappa shape index (κ3) is 3.38. The van der Waals surface area contributed by atoms with Crippen LogP contribution in [-0.4, -0.2) is 37.3 Å². The zero-order valence-corrected chi connectivity index (χ0v) is 13.8. The summed E-state index contributed by atoms with van der Waals surface area (Å²) >= 11 is 0. The van der Waals surface area contributed by atoms with Crippen molar-refractivity contribution >= 4 is 11.9 Å². The van der Waals surface area contributed by atoms with Crippen LogP contribution in [0.3, 0.4) is 0 Å². The second-order valence-electron chi connectivity index (χ2n) is 6.27. The number of carboxylic acids is 1. The molecule has 0 aliphatic heterocycles. The summed E-state index contributed by atoms with van der Waals surface area (Å²) in [6.45, 7) is 1.67. The zero-order valence-electron chi connectivity index (χ0n) is 13.8. The highest BCUT2D eigenvalue weighted by Gasteiger charge is 2.41. The van der Waals surface area contributed by atoms with E-state index in [0.717, 1.165) is 19.3 Å². The Hall–Kier alpha value is -2.77. The van der Waals surface area contributed by atoms with Gasteiger partial charge in [-0.3, -0.25) is 4.79 Å². The van der Waals surface area contributed by atoms with Gasteiger partial charge in [0.2, 0.25) is 5.82 Å². The Morgan fingerprint density at radius 2 is 1.84 bits per heavy atom. The van der Waals surface area contributed by atoms with Gasteiger partial charge in [0.05, 0.1) is 5.69 Å². The fourth-order valence-corrected chi connectivity index (χ4v) is 3.13. The number of hydrogen-bond donors (Lipinski definition) is 2. The van der Waals surface area contributed by atoms with Gasteiger partial charge in [-0.1, -0.05) is 19.3 Å². The van der Waals surface area contributed by atoms with Crippen molar-refractivity contribution in [2.24, 2.45) is 0 Å². The third-order valence-electron chi connectivity index (χ3n) is 4.51. The maximum atomic E-state index is 13.0. The number of benzene rings is 1. The number of carbonyl (C=O) groups excluding carboxylic acids is 1. The molecule has 3 rings (SSSR count). The van der Waals surface area contributed by atoms with Crippen LogP contribution in [0.15, 0.2) is 24.3 Å². The van der Waals surface area contributed by atoms with Gasteiger partial charge in [0.15, 0.2) is 0 Å². The van der Waals surface area contributed by atoms with E-state index in [-0.39, 0.29) is 11.6 Å². The maximum absolute atomic E-state index is 13.0. The SMILES string of the molecule is Cc1nc(C(=O)NC2(C(=O)O)CCCCC2)nn1-c1ccc(F)cc1. The summed E-state index contributed by atoms with van der Waals surface area (Å²) in [6.07, 6.45) is 3.25. The highest BCUT2D eigenvalue weighted by Crippen LogP contribution is 2.28. The van der Waals surface area contributed by atoms with E-state index < -0.39 is 17.4 Å². The Labute approximate surface area is 143 Å². The average molecular weight is 346 g/mol. The first-order valence-corrected chi connectivity index (χ1v) is 8.17. The van der Waals surface area contributed by atoms with Crippen LogP contribution in [0.5, 0.6) is 0 Å². The molecule has 1 saturated carbocycles. The van der Waals surface area contributed by atoms with Gasteiger partial charge in [-0.2, -0.15) is 0 Å². The van der Waals surface area contributed by atoms with Gasteiger partial charge in [-0.15, -0.1) is 5.10 Å². The van der Waals surface area contributed by atoms with Gasteiger partial charge >= 0.3 is 5.97 Å². The van der Waals surface area contributed by atoms with Crippen LogP contribution >= 0.6 is 0 Å². The van der Waals surface area contributed by atoms with Crippen molar-refractivity contribution in [1.29, 1.82) is 0 Å². The first-order valence-electron chi connectivity index (χ1n) is 8.17. The Bertz CT molecular complexity index is 795. The minimum Gasteiger partial charge on any atom is -0.480 e. The van der Waals surface area contributed by atoms with Gasteiger partial charge in [0, 0.05) is 0 Å². The molecule has 1 amide bonds. The minimum absolute atomic E-state index is 0.104. The van der Waals surface area contributed by atoms with Crippen molar-refractivity contribution < 1.29 is 19.1 Å². The second kappa shape index (κ2) is 6.62. The number of nitrogens with zero attached hydrogens (tertiary/aromatic N) is 3. The van der Waals surface area contributed by atoms with E-state index >= 15 is 0 Å². The molecule has 0 saturated heterocycles. The minimum atomic E-state index is -1.26. The highest BCUT2D eigenvalue weighted by atomic mass is 19.1. The van der Waals surface area contributed by atoms with Crippen molar-refractivity contribution in [3.05, 3.63) is 41.7 Å². The van der Waals surface area contributed by atoms with Crippen LogP contribution in [0.25, 0.3) is 5.69 Å². The Morgan fingerprint density at radius 3 is 2.44 bits per heavy atom. The summed E-state index contributed by atoms with van der Waals surface area (Å²) < 4.78 is 14.5. The van der Waals surface area contributed by atoms with E-state index in [9.17, 15) is 19.1 Å². The summed E-state index contributed by atoms with van der Waals surface area (Å²) in [6, 6.07) is 5.63. The van der Waals surface area contributed by atoms with Crippen LogP contribution in [0.2, 0.25) is 0 Å². The fraction of sp³-hybridized carbons (Fsp3) is 0.412. The molecular formula is C17H19FN4O3. The molecule has 0 spiro atoms. The number of carboxylic acid groups (broad SMARTS) is 1. The molecule has 1 aliphatic rings. The van der Waals surface area contributed by atoms with Gasteiger partial charge in [-0.25, -0.2) is 18.9 Å². The number of aliphatic carboxylic acids is 1. The molecule has 1 aliphatic carbocycles. The van der Waals surface area contributed by atoms with Gasteiger partial charge in [0.25, 0.3) is 5.91 Å². The number of carbonyl (C=O) groups is 2. The molecule has 1 heterocycles. The molecule has 0 bridgehead atoms. The summed E-state index contributed by atoms with van der Waals surface area (Å²) in [5, 5.41) is 16.3. The second-order valence-corrected chi connectivity index (χ2v) is 6.27. The van der Waals surface area contributed by atoms with Crippen LogP contribution < -0.4 is 5.32 Å². The molecule has 0 atom stereocenters. The lowest BCUT2D eigenvalue weighted by Crippen LogP contribution is -2.55. The average Bonchev–Trinajstić information content (AvgIpc) is 2.98. The Morgan fingerprint density at radius 1 is 1.20 bits per heavy atom. The number of hydrogen-bond acceptors (Lipinski definition) is 4. The number of halogens is 1. The van der Waals surface area contributed by atoms with E-state index in [4.69, 9.17) is 0 Å². The van der Waals surface area contributed by atoms with Crippen molar-refractivity contribution in [3.8, 4) is 5.69 Å². The van der Waals surface area contributed by atoms with E-state index in [1.807, 2.05) is 0 Å². The van der Waals surface area contributed by atoms with Crippen molar-refractivity contribution in [2.45, 2.75) is 44.6 Å². The monoisotopic (exact) mass is 346 g/mol. The Balaban J connectivity index is 1.84. The first-order chi connectivity index (χ1) is 11.9. The van der Waals surface area contributed by atoms with Gasteiger partial charge < -0.3 is 10.4 Å². The van der Waals surface area contributed by atoms with Gasteiger partial charge in [0.1, 0.15) is 17.2 Å². The first kappa shape index (κ1) is 17.1. The van der Waals surface area contributed by atoms with E-state index in [1.165, 1.54) is 28.9 Å². The summed E-state index contributed by atoms with van der Waals surface area (Å²) in [7, 11) is 0. The number of aromatic nitrogens is 3. The van der Waals surface area contributed by atoms with Crippen LogP contribution in [0, 0.1) is 12.7 Å². The normalized spacial score (nSPS) is 16.4. The largest absolute Gasteiger partial charge is 0.480 e. The van der Waals surface area contributed by atoms with Crippen molar-refractivity contribution in [2.75, 3.05) is 0 Å². The van der Waals surface area contributed by atoms with Crippen molar-refractivity contribution in [1.82, 2.24) is 20.1 Å². The van der Waals surface area contributed by atoms with E-state index in [1.54, 1.807) is 6.92 Å². The van der Waals surface area contributed by atoms with Crippen LogP contribution in [0.4, 0.5) is 4.39 Å². The number of rotatable bonds is 4. The summed E-state index contributed by atoms with van der Waals surface area (Å²) in [4.78, 5) is 28.3. The molecule has 8 heteroatoms. The van der Waals surface area contributed by atoms with Crippen molar-refractivity contribution in [3.63, 3.8) is 0 Å². The highest BCUT2D eigenvalue weighted by molar-refractivity contribution is 5.95. The number of nitrogens with one attached hydrogen (secondary N) is 1. The lowest BCUT2D eigenvalue weighted by atomic mass is 9.81. The van der Waals surface area contributed by atoms with Crippen LogP contribution in [0.1, 0.15) is 48.5 Å². The molecule has 0 unspecified atom stereocenters. The Kier molecular flexibility index (Phi) is 4.52. The molecule has 1 aromatic heterocycles. The molecule has 132 valence electrons. The maximum Gasteiger partial charge on any atom is 0.329 e. The molecule has 2 aromatic rings. The van der Waals surface area contributed by atoms with E-state index in [2.05, 4.69) is 15.4 Å². The third-order valence-corrected chi connectivity index (χ3v) is 4.51. The molecule has 1 fully saturated rings. The molecule has 0 radical (unpaired) electrons. The lowest BCUT2D eigenvalue weighted by Gasteiger charge is -2.33. The molecule has 2 N–H and O–H groups in total. The fourth-order valence-electron chi connectivity index (χ4n) is 3.13. The van der Waals surface area contributed by atoms with Crippen LogP contribution in [-0.2, 0) is 4.79 Å². The predicted molar refractivity (Wildman–Crippen MR) is 87.0 cm³/mol. The predicted octanol–water partition coefficient (Wildman–Crippen LogP) is 2.23. The quantitative estimate of drug-likeness (QED) is 0.885. The topological polar surface area (TPSA) is 97.1 Å². The molecule has 7 nitrogen and oxygen atoms in total. The summed E-state index contributed by atoms with van der Waals surface area (Å²) in [5.41, 5.74) is -0.694. The lowest BCUT2D eigenvalue weighted by molar-refractivity contribution is -0.145. The van der Waals surface area contributed by atoms with E-state index in [0.29, 0.717) is 24.4 Å². The molecule has 25 heavy (non-hydrogen) atoms. The summed E-state index contributed by atoms with van der Waals surface area (Å²) in [5.74, 6) is -1.68. The van der Waals surface area contributed by atoms with Gasteiger partial charge in [-0.05, 0) is 44.0 Å². The smallest absolute Gasteiger partial charge is 0.329 e. The number of aryl methyl sites for hydroxylation is 1. The number of amides is 1.